The molecule has 23 heavy (non-hydrogen) atoms. The summed E-state index contributed by atoms with van der Waals surface area (Å²) >= 11 is 1.47. The number of amides is 1. The fourth-order valence-electron chi connectivity index (χ4n) is 2.57. The minimum atomic E-state index is -0.787. The van der Waals surface area contributed by atoms with Gasteiger partial charge in [0.25, 0.3) is 5.91 Å². The van der Waals surface area contributed by atoms with E-state index in [-0.39, 0.29) is 17.9 Å². The standard InChI is InChI=1S/C17H18N2O3S/c1-10-2-4-11(5-3-10)6-15-19-14(9-23-15)16(20)18-13-7-12(8-13)17(21)22/h2-5,9,12-13H,6-8H2,1H3,(H,18,20)(H,21,22). The van der Waals surface area contributed by atoms with Crippen LogP contribution in [0.25, 0.3) is 0 Å². The van der Waals surface area contributed by atoms with E-state index < -0.39 is 5.97 Å². The van der Waals surface area contributed by atoms with Crippen molar-refractivity contribution in [3.05, 3.63) is 51.5 Å². The first-order valence-corrected chi connectivity index (χ1v) is 8.43. The molecule has 3 rings (SSSR count). The van der Waals surface area contributed by atoms with Crippen molar-refractivity contribution in [3.63, 3.8) is 0 Å². The van der Waals surface area contributed by atoms with Crippen LogP contribution in [0.4, 0.5) is 0 Å². The average molecular weight is 330 g/mol. The predicted molar refractivity (Wildman–Crippen MR) is 87.7 cm³/mol. The Bertz CT molecular complexity index is 718. The first-order chi connectivity index (χ1) is 11.0. The molecule has 2 N–H and O–H groups in total. The van der Waals surface area contributed by atoms with Crippen LogP contribution in [0, 0.1) is 12.8 Å². The number of aliphatic carboxylic acids is 1. The van der Waals surface area contributed by atoms with Crippen LogP contribution in [0.2, 0.25) is 0 Å². The lowest BCUT2D eigenvalue weighted by atomic mass is 9.80. The van der Waals surface area contributed by atoms with Gasteiger partial charge in [-0.05, 0) is 25.3 Å². The van der Waals surface area contributed by atoms with Crippen LogP contribution in [-0.4, -0.2) is 28.0 Å². The summed E-state index contributed by atoms with van der Waals surface area (Å²) in [5.41, 5.74) is 2.80. The Morgan fingerprint density at radius 2 is 2.00 bits per heavy atom. The Morgan fingerprint density at radius 1 is 1.30 bits per heavy atom. The molecule has 6 heteroatoms. The summed E-state index contributed by atoms with van der Waals surface area (Å²) in [5.74, 6) is -1.33. The summed E-state index contributed by atoms with van der Waals surface area (Å²) in [5, 5.41) is 14.3. The van der Waals surface area contributed by atoms with E-state index in [4.69, 9.17) is 5.11 Å². The van der Waals surface area contributed by atoms with Crippen LogP contribution < -0.4 is 5.32 Å². The molecule has 120 valence electrons. The molecule has 0 atom stereocenters. The largest absolute Gasteiger partial charge is 0.481 e. The molecule has 1 aromatic heterocycles. The van der Waals surface area contributed by atoms with Crippen molar-refractivity contribution in [2.75, 3.05) is 0 Å². The molecule has 1 aromatic carbocycles. The van der Waals surface area contributed by atoms with Gasteiger partial charge in [-0.25, -0.2) is 4.98 Å². The zero-order valence-corrected chi connectivity index (χ0v) is 13.6. The van der Waals surface area contributed by atoms with Crippen LogP contribution >= 0.6 is 11.3 Å². The third-order valence-corrected chi connectivity index (χ3v) is 4.93. The van der Waals surface area contributed by atoms with E-state index in [1.54, 1.807) is 5.38 Å². The quantitative estimate of drug-likeness (QED) is 0.883. The van der Waals surface area contributed by atoms with Crippen molar-refractivity contribution in [2.45, 2.75) is 32.2 Å². The second kappa shape index (κ2) is 6.50. The smallest absolute Gasteiger partial charge is 0.306 e. The van der Waals surface area contributed by atoms with Gasteiger partial charge in [0.15, 0.2) is 0 Å². The first kappa shape index (κ1) is 15.7. The summed E-state index contributed by atoms with van der Waals surface area (Å²) in [4.78, 5) is 27.3. The number of benzene rings is 1. The Labute approximate surface area is 138 Å². The molecule has 5 nitrogen and oxygen atoms in total. The van der Waals surface area contributed by atoms with Gasteiger partial charge in [0.05, 0.1) is 10.9 Å². The molecule has 1 fully saturated rings. The Balaban J connectivity index is 1.55. The highest BCUT2D eigenvalue weighted by Crippen LogP contribution is 2.27. The SMILES string of the molecule is Cc1ccc(Cc2nc(C(=O)NC3CC(C(=O)O)C3)cs2)cc1. The zero-order chi connectivity index (χ0) is 16.4. The van der Waals surface area contributed by atoms with Gasteiger partial charge in [-0.3, -0.25) is 9.59 Å². The third-order valence-electron chi connectivity index (χ3n) is 4.08. The number of aryl methyl sites for hydroxylation is 1. The van der Waals surface area contributed by atoms with E-state index in [2.05, 4.69) is 34.6 Å². The molecule has 1 aliphatic carbocycles. The second-order valence-electron chi connectivity index (χ2n) is 5.97. The number of aromatic nitrogens is 1. The van der Waals surface area contributed by atoms with E-state index in [0.29, 0.717) is 25.0 Å². The minimum Gasteiger partial charge on any atom is -0.481 e. The van der Waals surface area contributed by atoms with Crippen LogP contribution in [0.5, 0.6) is 0 Å². The monoisotopic (exact) mass is 330 g/mol. The van der Waals surface area contributed by atoms with Crippen LogP contribution in [0.3, 0.4) is 0 Å². The van der Waals surface area contributed by atoms with Gasteiger partial charge >= 0.3 is 5.97 Å². The highest BCUT2D eigenvalue weighted by atomic mass is 32.1. The van der Waals surface area contributed by atoms with E-state index in [1.165, 1.54) is 22.5 Å². The Hall–Kier alpha value is -2.21. The van der Waals surface area contributed by atoms with E-state index >= 15 is 0 Å². The zero-order valence-electron chi connectivity index (χ0n) is 12.8. The number of carboxylic acid groups (broad SMARTS) is 1. The highest BCUT2D eigenvalue weighted by Gasteiger charge is 2.35. The van der Waals surface area contributed by atoms with Crippen molar-refractivity contribution in [2.24, 2.45) is 5.92 Å². The summed E-state index contributed by atoms with van der Waals surface area (Å²) in [6.45, 7) is 2.05. The number of thiazole rings is 1. The molecule has 0 bridgehead atoms. The van der Waals surface area contributed by atoms with Gasteiger partial charge in [-0.1, -0.05) is 29.8 Å². The maximum Gasteiger partial charge on any atom is 0.306 e. The van der Waals surface area contributed by atoms with Gasteiger partial charge in [0.1, 0.15) is 5.69 Å². The van der Waals surface area contributed by atoms with Gasteiger partial charge in [-0.2, -0.15) is 0 Å². The van der Waals surface area contributed by atoms with Gasteiger partial charge < -0.3 is 10.4 Å². The number of carbonyl (C=O) groups is 2. The Kier molecular flexibility index (Phi) is 4.43. The number of hydrogen-bond acceptors (Lipinski definition) is 4. The number of nitrogens with one attached hydrogen (secondary N) is 1. The molecule has 0 saturated heterocycles. The summed E-state index contributed by atoms with van der Waals surface area (Å²) < 4.78 is 0. The van der Waals surface area contributed by atoms with Crippen molar-refractivity contribution < 1.29 is 14.7 Å². The Morgan fingerprint density at radius 3 is 2.65 bits per heavy atom. The molecule has 2 aromatic rings. The molecular weight excluding hydrogens is 312 g/mol. The van der Waals surface area contributed by atoms with Gasteiger partial charge in [0.2, 0.25) is 0 Å². The molecule has 0 unspecified atom stereocenters. The van der Waals surface area contributed by atoms with E-state index in [9.17, 15) is 9.59 Å². The lowest BCUT2D eigenvalue weighted by Gasteiger charge is -2.32. The number of hydrogen-bond donors (Lipinski definition) is 2. The molecule has 1 heterocycles. The van der Waals surface area contributed by atoms with E-state index in [1.807, 2.05) is 6.92 Å². The fourth-order valence-corrected chi connectivity index (χ4v) is 3.38. The first-order valence-electron chi connectivity index (χ1n) is 7.55. The van der Waals surface area contributed by atoms with Gasteiger partial charge in [-0.15, -0.1) is 11.3 Å². The molecule has 0 spiro atoms. The van der Waals surface area contributed by atoms with Gasteiger partial charge in [0, 0.05) is 17.8 Å². The van der Waals surface area contributed by atoms with Crippen LogP contribution in [0.1, 0.15) is 39.5 Å². The number of nitrogens with zero attached hydrogens (tertiary/aromatic N) is 1. The highest BCUT2D eigenvalue weighted by molar-refractivity contribution is 7.09. The van der Waals surface area contributed by atoms with E-state index in [0.717, 1.165) is 5.01 Å². The van der Waals surface area contributed by atoms with Crippen LogP contribution in [0.15, 0.2) is 29.6 Å². The second-order valence-corrected chi connectivity index (χ2v) is 6.91. The minimum absolute atomic E-state index is 0.0501. The van der Waals surface area contributed by atoms with Crippen molar-refractivity contribution in [1.82, 2.24) is 10.3 Å². The van der Waals surface area contributed by atoms with Crippen LogP contribution in [-0.2, 0) is 11.2 Å². The molecule has 0 radical (unpaired) electrons. The predicted octanol–water partition coefficient (Wildman–Crippen LogP) is 2.64. The molecular formula is C17H18N2O3S. The maximum absolute atomic E-state index is 12.1. The summed E-state index contributed by atoms with van der Waals surface area (Å²) in [6.07, 6.45) is 1.71. The normalized spacial score (nSPS) is 19.9. The maximum atomic E-state index is 12.1. The fraction of sp³-hybridized carbons (Fsp3) is 0.353. The summed E-state index contributed by atoms with van der Waals surface area (Å²) in [7, 11) is 0. The van der Waals surface area contributed by atoms with Crippen molar-refractivity contribution >= 4 is 23.2 Å². The topological polar surface area (TPSA) is 79.3 Å². The number of carbonyl (C=O) groups excluding carboxylic acids is 1. The lowest BCUT2D eigenvalue weighted by molar-refractivity contribution is -0.145. The summed E-state index contributed by atoms with van der Waals surface area (Å²) in [6, 6.07) is 8.21. The van der Waals surface area contributed by atoms with Crippen molar-refractivity contribution in [1.29, 1.82) is 0 Å². The lowest BCUT2D eigenvalue weighted by Crippen LogP contribution is -2.46. The molecule has 1 amide bonds. The number of carboxylic acids is 1. The number of rotatable bonds is 5. The molecule has 1 aliphatic rings. The third kappa shape index (κ3) is 3.76. The molecule has 1 saturated carbocycles. The average Bonchev–Trinajstić information content (AvgIpc) is 2.93. The van der Waals surface area contributed by atoms with Crippen molar-refractivity contribution in [3.8, 4) is 0 Å². The molecule has 0 aliphatic heterocycles.